The Morgan fingerprint density at radius 2 is 1.79 bits per heavy atom. The first kappa shape index (κ1) is 20.8. The highest BCUT2D eigenvalue weighted by Gasteiger charge is 2.21. The molecule has 0 saturated carbocycles. The molecule has 0 fully saturated rings. The maximum atomic E-state index is 13.1. The lowest BCUT2D eigenvalue weighted by Crippen LogP contribution is -2.38. The normalized spacial score (nSPS) is 12.0. The summed E-state index contributed by atoms with van der Waals surface area (Å²) in [6.45, 7) is 9.60. The third kappa shape index (κ3) is 6.32. The van der Waals surface area contributed by atoms with E-state index in [4.69, 9.17) is 0 Å². The minimum Gasteiger partial charge on any atom is -0.372 e. The van der Waals surface area contributed by atoms with Gasteiger partial charge < -0.3 is 10.6 Å². The molecule has 5 nitrogen and oxygen atoms in total. The van der Waals surface area contributed by atoms with Crippen LogP contribution < -0.4 is 10.6 Å². The largest absolute Gasteiger partial charge is 0.372 e. The lowest BCUT2D eigenvalue weighted by Gasteiger charge is -2.21. The molecule has 0 spiro atoms. The molecule has 2 aromatic rings. The molecule has 1 amide bonds. The quantitative estimate of drug-likeness (QED) is 0.503. The molecule has 144 valence electrons. The summed E-state index contributed by atoms with van der Waals surface area (Å²) in [5.74, 6) is -1.24. The van der Waals surface area contributed by atoms with Gasteiger partial charge in [0.15, 0.2) is 0 Å². The number of hydrogen-bond acceptors (Lipinski definition) is 4. The first-order chi connectivity index (χ1) is 13.4. The molecule has 1 atom stereocenters. The zero-order valence-corrected chi connectivity index (χ0v) is 15.6. The van der Waals surface area contributed by atoms with Crippen molar-refractivity contribution in [2.45, 2.75) is 19.4 Å². The van der Waals surface area contributed by atoms with E-state index in [9.17, 15) is 14.1 Å². The average Bonchev–Trinajstić information content (AvgIpc) is 2.68. The van der Waals surface area contributed by atoms with E-state index in [0.29, 0.717) is 22.7 Å². The first-order valence-corrected chi connectivity index (χ1v) is 8.65. The fourth-order valence-corrected chi connectivity index (χ4v) is 2.55. The van der Waals surface area contributed by atoms with Crippen LogP contribution in [0.4, 0.5) is 4.39 Å². The highest BCUT2D eigenvalue weighted by molar-refractivity contribution is 5.83. The topological polar surface area (TPSA) is 70.6 Å². The predicted octanol–water partition coefficient (Wildman–Crippen LogP) is 4.30. The Bertz CT molecular complexity index is 890. The van der Waals surface area contributed by atoms with Gasteiger partial charge in [0.25, 0.3) is 0 Å². The van der Waals surface area contributed by atoms with E-state index in [1.807, 2.05) is 36.4 Å². The number of nitroso groups, excluding NO2 is 1. The summed E-state index contributed by atoms with van der Waals surface area (Å²) in [5, 5.41) is 8.59. The van der Waals surface area contributed by atoms with Crippen LogP contribution in [0.25, 0.3) is 6.08 Å². The number of amides is 1. The highest BCUT2D eigenvalue weighted by Crippen LogP contribution is 2.14. The molecule has 2 rings (SSSR count). The zero-order chi connectivity index (χ0) is 20.5. The van der Waals surface area contributed by atoms with Crippen LogP contribution in [0.2, 0.25) is 0 Å². The fraction of sp³-hybridized carbons (Fsp3) is 0.136. The lowest BCUT2D eigenvalue weighted by molar-refractivity contribution is -0.119. The van der Waals surface area contributed by atoms with Gasteiger partial charge >= 0.3 is 5.91 Å². The van der Waals surface area contributed by atoms with Crippen molar-refractivity contribution < 1.29 is 9.18 Å². The fourth-order valence-electron chi connectivity index (χ4n) is 2.55. The molecule has 2 N–H and O–H groups in total. The van der Waals surface area contributed by atoms with Gasteiger partial charge in [-0.25, -0.2) is 4.39 Å². The molecule has 1 unspecified atom stereocenters. The summed E-state index contributed by atoms with van der Waals surface area (Å²) < 4.78 is 13.1. The molecule has 0 heterocycles. The van der Waals surface area contributed by atoms with E-state index in [1.165, 1.54) is 12.1 Å². The van der Waals surface area contributed by atoms with Crippen LogP contribution in [0.5, 0.6) is 0 Å². The van der Waals surface area contributed by atoms with Crippen molar-refractivity contribution in [3.8, 4) is 0 Å². The van der Waals surface area contributed by atoms with Gasteiger partial charge in [0.2, 0.25) is 0 Å². The van der Waals surface area contributed by atoms with E-state index in [0.717, 1.165) is 5.56 Å². The summed E-state index contributed by atoms with van der Waals surface area (Å²) in [6, 6.07) is 14.3. The highest BCUT2D eigenvalue weighted by atomic mass is 19.1. The molecule has 0 aliphatic carbocycles. The lowest BCUT2D eigenvalue weighted by atomic mass is 10.0. The molecule has 6 heteroatoms. The van der Waals surface area contributed by atoms with Crippen LogP contribution in [0.3, 0.4) is 0 Å². The summed E-state index contributed by atoms with van der Waals surface area (Å²) in [5.41, 5.74) is 3.28. The van der Waals surface area contributed by atoms with Gasteiger partial charge in [-0.3, -0.25) is 4.79 Å². The van der Waals surface area contributed by atoms with E-state index < -0.39 is 11.9 Å². The van der Waals surface area contributed by atoms with Crippen molar-refractivity contribution in [2.24, 2.45) is 5.18 Å². The molecular formula is C22H22FN3O2. The van der Waals surface area contributed by atoms with E-state index in [-0.39, 0.29) is 12.2 Å². The van der Waals surface area contributed by atoms with Crippen molar-refractivity contribution in [1.82, 2.24) is 10.6 Å². The van der Waals surface area contributed by atoms with Gasteiger partial charge in [0, 0.05) is 17.3 Å². The number of halogens is 1. The summed E-state index contributed by atoms with van der Waals surface area (Å²) in [4.78, 5) is 22.8. The van der Waals surface area contributed by atoms with Gasteiger partial charge in [0.1, 0.15) is 11.9 Å². The number of hydrogen-bond donors (Lipinski definition) is 2. The number of nitrogens with zero attached hydrogens (tertiary/aromatic N) is 1. The van der Waals surface area contributed by atoms with Crippen LogP contribution in [-0.2, 0) is 11.2 Å². The monoisotopic (exact) mass is 379 g/mol. The standard InChI is InChI=1S/C22H22FN3O2/c1-15(2)24-20(13-17-7-5-4-6-8-17)16(3)25-21(22(27)26-28)14-18-9-11-19(23)12-10-18/h4-13,21,24-25H,1,3,14H2,2H3/b20-13+. The first-order valence-electron chi connectivity index (χ1n) is 8.65. The minimum atomic E-state index is -0.929. The summed E-state index contributed by atoms with van der Waals surface area (Å²) in [6.07, 6.45) is 2.01. The molecular weight excluding hydrogens is 357 g/mol. The Kier molecular flexibility index (Phi) is 7.39. The molecule has 0 aliphatic rings. The Morgan fingerprint density at radius 3 is 2.36 bits per heavy atom. The maximum absolute atomic E-state index is 13.1. The number of nitrogens with one attached hydrogen (secondary N) is 2. The van der Waals surface area contributed by atoms with Crippen LogP contribution in [-0.4, -0.2) is 11.9 Å². The average molecular weight is 379 g/mol. The van der Waals surface area contributed by atoms with Crippen molar-refractivity contribution in [3.05, 3.63) is 107 Å². The van der Waals surface area contributed by atoms with E-state index >= 15 is 0 Å². The smallest absolute Gasteiger partial charge is 0.308 e. The third-order valence-electron chi connectivity index (χ3n) is 3.87. The third-order valence-corrected chi connectivity index (χ3v) is 3.87. The summed E-state index contributed by atoms with van der Waals surface area (Å²) in [7, 11) is 0. The van der Waals surface area contributed by atoms with Crippen LogP contribution >= 0.6 is 0 Å². The van der Waals surface area contributed by atoms with Gasteiger partial charge in [-0.05, 0) is 36.3 Å². The van der Waals surface area contributed by atoms with Gasteiger partial charge in [0.05, 0.1) is 11.4 Å². The second-order valence-electron chi connectivity index (χ2n) is 6.31. The number of benzene rings is 2. The Hall–Kier alpha value is -3.54. The zero-order valence-electron chi connectivity index (χ0n) is 15.6. The van der Waals surface area contributed by atoms with Crippen molar-refractivity contribution in [1.29, 1.82) is 0 Å². The van der Waals surface area contributed by atoms with Crippen molar-refractivity contribution >= 4 is 12.0 Å². The second-order valence-corrected chi connectivity index (χ2v) is 6.31. The number of carbonyl (C=O) groups is 1. The minimum absolute atomic E-state index is 0.162. The van der Waals surface area contributed by atoms with Gasteiger partial charge in [-0.1, -0.05) is 55.6 Å². The van der Waals surface area contributed by atoms with Crippen LogP contribution in [0.1, 0.15) is 18.1 Å². The Balaban J connectivity index is 2.24. The Labute approximate surface area is 163 Å². The molecule has 2 aromatic carbocycles. The molecule has 0 aliphatic heterocycles. The SMILES string of the molecule is C=C(C)N/C(=C/c1ccccc1)C(=C)NC(Cc1ccc(F)cc1)C(=O)N=O. The van der Waals surface area contributed by atoms with Gasteiger partial charge in [-0.2, -0.15) is 0 Å². The Morgan fingerprint density at radius 1 is 1.14 bits per heavy atom. The predicted molar refractivity (Wildman–Crippen MR) is 109 cm³/mol. The maximum Gasteiger partial charge on any atom is 0.308 e. The summed E-state index contributed by atoms with van der Waals surface area (Å²) >= 11 is 0. The molecule has 0 aromatic heterocycles. The van der Waals surface area contributed by atoms with Crippen LogP contribution in [0, 0.1) is 10.7 Å². The van der Waals surface area contributed by atoms with Crippen LogP contribution in [0.15, 0.2) is 90.0 Å². The second kappa shape index (κ2) is 9.97. The molecule has 0 radical (unpaired) electrons. The van der Waals surface area contributed by atoms with E-state index in [1.54, 1.807) is 19.1 Å². The van der Waals surface area contributed by atoms with E-state index in [2.05, 4.69) is 29.0 Å². The molecule has 0 saturated heterocycles. The molecule has 28 heavy (non-hydrogen) atoms. The van der Waals surface area contributed by atoms with Crippen molar-refractivity contribution in [2.75, 3.05) is 0 Å². The number of rotatable bonds is 9. The number of carbonyl (C=O) groups excluding carboxylic acids is 1. The molecule has 0 bridgehead atoms. The van der Waals surface area contributed by atoms with Crippen molar-refractivity contribution in [3.63, 3.8) is 0 Å². The van der Waals surface area contributed by atoms with Gasteiger partial charge in [-0.15, -0.1) is 4.91 Å². The number of allylic oxidation sites excluding steroid dienone is 1.